The summed E-state index contributed by atoms with van der Waals surface area (Å²) in [4.78, 5) is 0.162. The summed E-state index contributed by atoms with van der Waals surface area (Å²) < 4.78 is 37.3. The maximum atomic E-state index is 12.7. The fourth-order valence-electron chi connectivity index (χ4n) is 3.34. The topological polar surface area (TPSA) is 52.6 Å². The average molecular weight is 375 g/mol. The highest BCUT2D eigenvalue weighted by molar-refractivity contribution is 7.87. The molecule has 0 aliphatic carbocycles. The normalized spacial score (nSPS) is 15.9. The molecule has 1 aliphatic rings. The summed E-state index contributed by atoms with van der Waals surface area (Å²) in [5.74, 6) is 1.29. The minimum absolute atomic E-state index is 0.162. The smallest absolute Gasteiger partial charge is 0.339 e. The molecule has 5 heteroatoms. The van der Waals surface area contributed by atoms with E-state index in [1.807, 2.05) is 27.7 Å². The standard InChI is InChI=1S/C21H26O4S/c1-13-7-9-17(10-8-13)26(22,23)25-19-14(2)15(3)20-18(16(19)4)11-12-21(5,6)24-20/h7-10H,11-12H2,1-6H3. The van der Waals surface area contributed by atoms with Gasteiger partial charge in [-0.2, -0.15) is 8.42 Å². The van der Waals surface area contributed by atoms with Crippen LogP contribution in [0.5, 0.6) is 11.5 Å². The molecule has 0 N–H and O–H groups in total. The molecule has 0 amide bonds. The van der Waals surface area contributed by atoms with Crippen molar-refractivity contribution in [2.75, 3.05) is 0 Å². The Kier molecular flexibility index (Phi) is 4.55. The molecular formula is C21H26O4S. The molecule has 2 aromatic carbocycles. The summed E-state index contributed by atoms with van der Waals surface area (Å²) in [5, 5.41) is 0. The van der Waals surface area contributed by atoms with Gasteiger partial charge in [-0.1, -0.05) is 17.7 Å². The number of ether oxygens (including phenoxy) is 1. The zero-order chi connectivity index (χ0) is 19.3. The summed E-state index contributed by atoms with van der Waals surface area (Å²) in [6.45, 7) is 11.8. The first kappa shape index (κ1) is 18.8. The molecule has 2 aromatic rings. The third kappa shape index (κ3) is 3.32. The molecule has 1 aliphatic heterocycles. The lowest BCUT2D eigenvalue weighted by Gasteiger charge is -2.35. The summed E-state index contributed by atoms with van der Waals surface area (Å²) in [6.07, 6.45) is 1.73. The van der Waals surface area contributed by atoms with Gasteiger partial charge in [0.25, 0.3) is 0 Å². The van der Waals surface area contributed by atoms with Crippen molar-refractivity contribution in [1.82, 2.24) is 0 Å². The molecule has 3 rings (SSSR count). The van der Waals surface area contributed by atoms with Gasteiger partial charge in [0, 0.05) is 5.56 Å². The van der Waals surface area contributed by atoms with Gasteiger partial charge in [-0.3, -0.25) is 0 Å². The van der Waals surface area contributed by atoms with E-state index in [-0.39, 0.29) is 10.5 Å². The Labute approximate surface area is 156 Å². The second-order valence-electron chi connectivity index (χ2n) is 7.72. The molecule has 0 spiro atoms. The molecule has 4 nitrogen and oxygen atoms in total. The van der Waals surface area contributed by atoms with E-state index in [4.69, 9.17) is 8.92 Å². The van der Waals surface area contributed by atoms with Crippen LogP contribution in [0.2, 0.25) is 0 Å². The van der Waals surface area contributed by atoms with E-state index < -0.39 is 10.1 Å². The monoisotopic (exact) mass is 374 g/mol. The largest absolute Gasteiger partial charge is 0.487 e. The molecule has 1 heterocycles. The van der Waals surface area contributed by atoms with Crippen molar-refractivity contribution < 1.29 is 17.3 Å². The number of benzene rings is 2. The molecule has 0 fully saturated rings. The molecule has 0 aromatic heterocycles. The molecule has 140 valence electrons. The second-order valence-corrected chi connectivity index (χ2v) is 9.27. The molecule has 0 unspecified atom stereocenters. The van der Waals surface area contributed by atoms with Crippen molar-refractivity contribution in [3.63, 3.8) is 0 Å². The summed E-state index contributed by atoms with van der Waals surface area (Å²) in [5.41, 5.74) is 4.41. The van der Waals surface area contributed by atoms with E-state index in [9.17, 15) is 8.42 Å². The van der Waals surface area contributed by atoms with E-state index >= 15 is 0 Å². The first-order valence-electron chi connectivity index (χ1n) is 8.84. The van der Waals surface area contributed by atoms with Gasteiger partial charge in [0.15, 0.2) is 0 Å². The number of rotatable bonds is 3. The Bertz CT molecular complexity index is 955. The van der Waals surface area contributed by atoms with Crippen molar-refractivity contribution in [3.05, 3.63) is 52.1 Å². The van der Waals surface area contributed by atoms with Crippen LogP contribution in [0.3, 0.4) is 0 Å². The Morgan fingerprint density at radius 3 is 2.19 bits per heavy atom. The molecule has 0 bridgehead atoms. The lowest BCUT2D eigenvalue weighted by atomic mass is 9.88. The maximum Gasteiger partial charge on any atom is 0.339 e. The predicted octanol–water partition coefficient (Wildman–Crippen LogP) is 4.79. The van der Waals surface area contributed by atoms with Gasteiger partial charge < -0.3 is 8.92 Å². The molecule has 26 heavy (non-hydrogen) atoms. The molecular weight excluding hydrogens is 348 g/mol. The van der Waals surface area contributed by atoms with Gasteiger partial charge >= 0.3 is 10.1 Å². The fraction of sp³-hybridized carbons (Fsp3) is 0.429. The Morgan fingerprint density at radius 1 is 0.962 bits per heavy atom. The van der Waals surface area contributed by atoms with E-state index in [0.717, 1.165) is 46.4 Å². The maximum absolute atomic E-state index is 12.7. The highest BCUT2D eigenvalue weighted by atomic mass is 32.2. The third-order valence-corrected chi connectivity index (χ3v) is 6.40. The van der Waals surface area contributed by atoms with Crippen molar-refractivity contribution in [3.8, 4) is 11.5 Å². The second kappa shape index (κ2) is 6.31. The minimum Gasteiger partial charge on any atom is -0.487 e. The van der Waals surface area contributed by atoms with Gasteiger partial charge in [-0.05, 0) is 83.2 Å². The zero-order valence-corrected chi connectivity index (χ0v) is 17.1. The van der Waals surface area contributed by atoms with Crippen LogP contribution in [-0.4, -0.2) is 14.0 Å². The molecule has 0 atom stereocenters. The third-order valence-electron chi connectivity index (χ3n) is 5.17. The van der Waals surface area contributed by atoms with Crippen molar-refractivity contribution in [1.29, 1.82) is 0 Å². The predicted molar refractivity (Wildman–Crippen MR) is 103 cm³/mol. The first-order chi connectivity index (χ1) is 12.0. The summed E-state index contributed by atoms with van der Waals surface area (Å²) in [6, 6.07) is 6.69. The van der Waals surface area contributed by atoms with Crippen molar-refractivity contribution in [2.45, 2.75) is 64.9 Å². The Morgan fingerprint density at radius 2 is 1.58 bits per heavy atom. The van der Waals surface area contributed by atoms with Crippen LogP contribution >= 0.6 is 0 Å². The highest BCUT2D eigenvalue weighted by Crippen LogP contribution is 2.44. The van der Waals surface area contributed by atoms with Gasteiger partial charge in [0.2, 0.25) is 0 Å². The van der Waals surface area contributed by atoms with Gasteiger partial charge in [-0.15, -0.1) is 0 Å². The number of aryl methyl sites for hydroxylation is 1. The quantitative estimate of drug-likeness (QED) is 0.725. The molecule has 0 saturated heterocycles. The van der Waals surface area contributed by atoms with Crippen LogP contribution in [0.1, 0.15) is 48.1 Å². The fourth-order valence-corrected chi connectivity index (χ4v) is 4.37. The van der Waals surface area contributed by atoms with E-state index in [0.29, 0.717) is 5.75 Å². The van der Waals surface area contributed by atoms with Crippen LogP contribution in [0.15, 0.2) is 29.2 Å². The lowest BCUT2D eigenvalue weighted by Crippen LogP contribution is -2.33. The van der Waals surface area contributed by atoms with Gasteiger partial charge in [0.05, 0.1) is 0 Å². The Balaban J connectivity index is 2.07. The number of hydrogen-bond donors (Lipinski definition) is 0. The molecule has 0 saturated carbocycles. The summed E-state index contributed by atoms with van der Waals surface area (Å²) in [7, 11) is -3.88. The summed E-state index contributed by atoms with van der Waals surface area (Å²) >= 11 is 0. The Hall–Kier alpha value is -2.01. The van der Waals surface area contributed by atoms with Crippen LogP contribution < -0.4 is 8.92 Å². The van der Waals surface area contributed by atoms with Crippen LogP contribution in [-0.2, 0) is 16.5 Å². The number of fused-ring (bicyclic) bond motifs is 1. The minimum atomic E-state index is -3.88. The first-order valence-corrected chi connectivity index (χ1v) is 10.3. The zero-order valence-electron chi connectivity index (χ0n) is 16.3. The lowest BCUT2D eigenvalue weighted by molar-refractivity contribution is 0.0832. The number of hydrogen-bond acceptors (Lipinski definition) is 4. The van der Waals surface area contributed by atoms with Crippen LogP contribution in [0, 0.1) is 27.7 Å². The average Bonchev–Trinajstić information content (AvgIpc) is 2.56. The van der Waals surface area contributed by atoms with Gasteiger partial charge in [0.1, 0.15) is 22.0 Å². The van der Waals surface area contributed by atoms with Crippen molar-refractivity contribution in [2.24, 2.45) is 0 Å². The van der Waals surface area contributed by atoms with Crippen molar-refractivity contribution >= 4 is 10.1 Å². The van der Waals surface area contributed by atoms with Gasteiger partial charge in [-0.25, -0.2) is 0 Å². The van der Waals surface area contributed by atoms with E-state index in [2.05, 4.69) is 13.8 Å². The SMILES string of the molecule is Cc1ccc(S(=O)(=O)Oc2c(C)c(C)c3c(c2C)CCC(C)(C)O3)cc1. The van der Waals surface area contributed by atoms with Crippen LogP contribution in [0.4, 0.5) is 0 Å². The molecule has 0 radical (unpaired) electrons. The van der Waals surface area contributed by atoms with E-state index in [1.165, 1.54) is 0 Å². The van der Waals surface area contributed by atoms with Crippen LogP contribution in [0.25, 0.3) is 0 Å². The highest BCUT2D eigenvalue weighted by Gasteiger charge is 2.32. The van der Waals surface area contributed by atoms with E-state index in [1.54, 1.807) is 24.3 Å².